The van der Waals surface area contributed by atoms with E-state index in [4.69, 9.17) is 5.84 Å². The Kier molecular flexibility index (Phi) is 7.46. The summed E-state index contributed by atoms with van der Waals surface area (Å²) in [6.45, 7) is 0. The Balaban J connectivity index is 0. The molecule has 1 heterocycles. The summed E-state index contributed by atoms with van der Waals surface area (Å²) in [5, 5.41) is 0. The first-order valence-electron chi connectivity index (χ1n) is 3.30. The van der Waals surface area contributed by atoms with Gasteiger partial charge in [0.15, 0.2) is 9.84 Å². The Morgan fingerprint density at radius 2 is 1.92 bits per heavy atom. The maximum Gasteiger partial charge on any atom is 0.151 e. The van der Waals surface area contributed by atoms with Gasteiger partial charge >= 0.3 is 0 Å². The maximum absolute atomic E-state index is 10.9. The third-order valence-electron chi connectivity index (χ3n) is 1.70. The second kappa shape index (κ2) is 5.99. The Morgan fingerprint density at radius 1 is 1.33 bits per heavy atom. The average molecular weight is 237 g/mol. The molecule has 0 bridgehead atoms. The van der Waals surface area contributed by atoms with Crippen LogP contribution in [0.2, 0.25) is 0 Å². The van der Waals surface area contributed by atoms with Crippen molar-refractivity contribution in [3.05, 3.63) is 0 Å². The van der Waals surface area contributed by atoms with E-state index in [2.05, 4.69) is 5.43 Å². The van der Waals surface area contributed by atoms with E-state index < -0.39 is 9.84 Å². The van der Waals surface area contributed by atoms with Crippen LogP contribution in [-0.4, -0.2) is 26.0 Å². The SMILES string of the molecule is Cl.Cl.NNC1CCCS(=O)(=O)C1. The lowest BCUT2D eigenvalue weighted by molar-refractivity contribution is 0.491. The van der Waals surface area contributed by atoms with Gasteiger partial charge in [-0.1, -0.05) is 0 Å². The molecule has 1 rings (SSSR count). The molecule has 0 aromatic rings. The summed E-state index contributed by atoms with van der Waals surface area (Å²) in [7, 11) is -2.79. The van der Waals surface area contributed by atoms with Gasteiger partial charge < -0.3 is 0 Å². The topological polar surface area (TPSA) is 72.2 Å². The third-order valence-corrected chi connectivity index (χ3v) is 3.52. The molecule has 1 unspecified atom stereocenters. The number of halogens is 2. The lowest BCUT2D eigenvalue weighted by atomic mass is 10.2. The summed E-state index contributed by atoms with van der Waals surface area (Å²) >= 11 is 0. The van der Waals surface area contributed by atoms with Crippen molar-refractivity contribution in [3.8, 4) is 0 Å². The Labute approximate surface area is 85.0 Å². The minimum atomic E-state index is -2.79. The molecule has 1 aliphatic heterocycles. The first kappa shape index (κ1) is 14.9. The van der Waals surface area contributed by atoms with Gasteiger partial charge in [-0.15, -0.1) is 24.8 Å². The van der Waals surface area contributed by atoms with Crippen LogP contribution in [0.4, 0.5) is 0 Å². The fourth-order valence-corrected chi connectivity index (χ4v) is 2.80. The van der Waals surface area contributed by atoms with Crippen molar-refractivity contribution in [2.75, 3.05) is 11.5 Å². The van der Waals surface area contributed by atoms with E-state index in [0.29, 0.717) is 5.75 Å². The molecule has 7 heteroatoms. The predicted octanol–water partition coefficient (Wildman–Crippen LogP) is -0.130. The van der Waals surface area contributed by atoms with Gasteiger partial charge in [0.2, 0.25) is 0 Å². The summed E-state index contributed by atoms with van der Waals surface area (Å²) < 4.78 is 21.8. The summed E-state index contributed by atoms with van der Waals surface area (Å²) in [5.41, 5.74) is 2.48. The van der Waals surface area contributed by atoms with Crippen LogP contribution in [0.5, 0.6) is 0 Å². The number of rotatable bonds is 1. The largest absolute Gasteiger partial charge is 0.271 e. The first-order chi connectivity index (χ1) is 4.64. The van der Waals surface area contributed by atoms with E-state index in [1.54, 1.807) is 0 Å². The maximum atomic E-state index is 10.9. The van der Waals surface area contributed by atoms with E-state index in [9.17, 15) is 8.42 Å². The zero-order valence-corrected chi connectivity index (χ0v) is 8.97. The molecule has 0 amide bonds. The fraction of sp³-hybridized carbons (Fsp3) is 1.00. The predicted molar refractivity (Wildman–Crippen MR) is 53.5 cm³/mol. The molecule has 76 valence electrons. The molecule has 12 heavy (non-hydrogen) atoms. The summed E-state index contributed by atoms with van der Waals surface area (Å²) in [6, 6.07) is -0.0289. The van der Waals surface area contributed by atoms with E-state index in [1.807, 2.05) is 0 Å². The van der Waals surface area contributed by atoms with Crippen LogP contribution in [0, 0.1) is 0 Å². The van der Waals surface area contributed by atoms with E-state index >= 15 is 0 Å². The van der Waals surface area contributed by atoms with Crippen LogP contribution in [0.3, 0.4) is 0 Å². The molecule has 1 saturated heterocycles. The number of hydrogen-bond donors (Lipinski definition) is 2. The van der Waals surface area contributed by atoms with Gasteiger partial charge in [0.05, 0.1) is 11.5 Å². The molecule has 4 nitrogen and oxygen atoms in total. The van der Waals surface area contributed by atoms with Gasteiger partial charge in [-0.3, -0.25) is 11.3 Å². The highest BCUT2D eigenvalue weighted by atomic mass is 35.5. The Bertz CT molecular complexity index is 207. The molecule has 0 aromatic heterocycles. The molecule has 3 N–H and O–H groups in total. The molecular weight excluding hydrogens is 223 g/mol. The van der Waals surface area contributed by atoms with Gasteiger partial charge in [0.1, 0.15) is 0 Å². The highest BCUT2D eigenvalue weighted by Crippen LogP contribution is 2.10. The molecule has 0 aliphatic carbocycles. The van der Waals surface area contributed by atoms with Gasteiger partial charge in [0.25, 0.3) is 0 Å². The lowest BCUT2D eigenvalue weighted by Crippen LogP contribution is -2.43. The average Bonchev–Trinajstić information content (AvgIpc) is 1.86. The van der Waals surface area contributed by atoms with Crippen molar-refractivity contribution in [2.24, 2.45) is 5.84 Å². The molecule has 0 saturated carbocycles. The minimum absolute atomic E-state index is 0. The van der Waals surface area contributed by atoms with E-state index in [-0.39, 0.29) is 36.6 Å². The van der Waals surface area contributed by atoms with Gasteiger partial charge in [-0.05, 0) is 12.8 Å². The number of hydrogen-bond acceptors (Lipinski definition) is 4. The smallest absolute Gasteiger partial charge is 0.151 e. The molecule has 1 aliphatic rings. The second-order valence-electron chi connectivity index (χ2n) is 2.62. The zero-order valence-electron chi connectivity index (χ0n) is 6.52. The van der Waals surface area contributed by atoms with Gasteiger partial charge in [-0.25, -0.2) is 8.42 Å². The standard InChI is InChI=1S/C5H12N2O2S.2ClH/c6-7-5-2-1-3-10(8,9)4-5;;/h5,7H,1-4,6H2;2*1H. The van der Waals surface area contributed by atoms with Crippen LogP contribution >= 0.6 is 24.8 Å². The summed E-state index contributed by atoms with van der Waals surface area (Å²) in [6.07, 6.45) is 1.60. The number of sulfone groups is 1. The van der Waals surface area contributed by atoms with E-state index in [0.717, 1.165) is 12.8 Å². The molecule has 0 spiro atoms. The fourth-order valence-electron chi connectivity index (χ4n) is 1.15. The van der Waals surface area contributed by atoms with Crippen molar-refractivity contribution >= 4 is 34.7 Å². The number of hydrazine groups is 1. The molecular formula is C5H14Cl2N2O2S. The van der Waals surface area contributed by atoms with E-state index in [1.165, 1.54) is 0 Å². The van der Waals surface area contributed by atoms with Gasteiger partial charge in [-0.2, -0.15) is 0 Å². The second-order valence-corrected chi connectivity index (χ2v) is 4.85. The van der Waals surface area contributed by atoms with Crippen LogP contribution in [0.15, 0.2) is 0 Å². The minimum Gasteiger partial charge on any atom is -0.271 e. The quantitative estimate of drug-likeness (QED) is 0.492. The Morgan fingerprint density at radius 3 is 2.25 bits per heavy atom. The molecule has 1 fully saturated rings. The van der Waals surface area contributed by atoms with Crippen LogP contribution < -0.4 is 11.3 Å². The highest BCUT2D eigenvalue weighted by Gasteiger charge is 2.23. The van der Waals surface area contributed by atoms with Crippen molar-refractivity contribution in [3.63, 3.8) is 0 Å². The van der Waals surface area contributed by atoms with Crippen molar-refractivity contribution < 1.29 is 8.42 Å². The van der Waals surface area contributed by atoms with Crippen LogP contribution in [0.1, 0.15) is 12.8 Å². The molecule has 0 aromatic carbocycles. The zero-order chi connectivity index (χ0) is 7.61. The normalized spacial score (nSPS) is 26.6. The third kappa shape index (κ3) is 4.47. The molecule has 1 atom stereocenters. The monoisotopic (exact) mass is 236 g/mol. The van der Waals surface area contributed by atoms with Crippen molar-refractivity contribution in [1.82, 2.24) is 5.43 Å². The molecule has 0 radical (unpaired) electrons. The van der Waals surface area contributed by atoms with Crippen molar-refractivity contribution in [1.29, 1.82) is 0 Å². The van der Waals surface area contributed by atoms with Crippen LogP contribution in [-0.2, 0) is 9.84 Å². The lowest BCUT2D eigenvalue weighted by Gasteiger charge is -2.20. The highest BCUT2D eigenvalue weighted by molar-refractivity contribution is 7.91. The first-order valence-corrected chi connectivity index (χ1v) is 5.13. The summed E-state index contributed by atoms with van der Waals surface area (Å²) in [5.74, 6) is 5.63. The van der Waals surface area contributed by atoms with Crippen molar-refractivity contribution in [2.45, 2.75) is 18.9 Å². The van der Waals surface area contributed by atoms with Crippen LogP contribution in [0.25, 0.3) is 0 Å². The number of nitrogens with one attached hydrogen (secondary N) is 1. The van der Waals surface area contributed by atoms with Gasteiger partial charge in [0, 0.05) is 6.04 Å². The number of nitrogens with two attached hydrogens (primary N) is 1. The summed E-state index contributed by atoms with van der Waals surface area (Å²) in [4.78, 5) is 0. The Hall–Kier alpha value is 0.450.